The number of aromatic nitrogens is 2. The fraction of sp³-hybridized carbons (Fsp3) is 0.333. The van der Waals surface area contributed by atoms with Crippen LogP contribution in [0, 0.1) is 5.82 Å². The molecule has 0 bridgehead atoms. The molecule has 4 rings (SSSR count). The van der Waals surface area contributed by atoms with Gasteiger partial charge in [-0.3, -0.25) is 19.0 Å². The Morgan fingerprint density at radius 1 is 1.12 bits per heavy atom. The highest BCUT2D eigenvalue weighted by atomic mass is 35.5. The van der Waals surface area contributed by atoms with E-state index >= 15 is 0 Å². The monoisotopic (exact) mass is 392 g/mol. The highest BCUT2D eigenvalue weighted by molar-refractivity contribution is 7.15. The number of hydrogen-bond acceptors (Lipinski definition) is 5. The Morgan fingerprint density at radius 3 is 2.58 bits per heavy atom. The smallest absolute Gasteiger partial charge is 0.258 e. The van der Waals surface area contributed by atoms with Crippen LogP contribution in [-0.2, 0) is 13.1 Å². The van der Waals surface area contributed by atoms with E-state index in [1.165, 1.54) is 17.4 Å². The lowest BCUT2D eigenvalue weighted by Gasteiger charge is -2.34. The molecule has 0 atom stereocenters. The molecule has 0 unspecified atom stereocenters. The highest BCUT2D eigenvalue weighted by Crippen LogP contribution is 2.18. The number of halogens is 2. The van der Waals surface area contributed by atoms with Gasteiger partial charge >= 0.3 is 0 Å². The van der Waals surface area contributed by atoms with Crippen LogP contribution < -0.4 is 5.56 Å². The van der Waals surface area contributed by atoms with Gasteiger partial charge in [0.2, 0.25) is 0 Å². The molecule has 2 aromatic heterocycles. The van der Waals surface area contributed by atoms with E-state index in [0.29, 0.717) is 6.54 Å². The van der Waals surface area contributed by atoms with Crippen molar-refractivity contribution < 1.29 is 4.39 Å². The van der Waals surface area contributed by atoms with Gasteiger partial charge in [-0.15, -0.1) is 11.3 Å². The third kappa shape index (κ3) is 3.81. The first kappa shape index (κ1) is 17.6. The van der Waals surface area contributed by atoms with Gasteiger partial charge in [0.25, 0.3) is 5.56 Å². The normalized spacial score (nSPS) is 16.4. The molecule has 3 aromatic rings. The van der Waals surface area contributed by atoms with Crippen LogP contribution in [0.15, 0.2) is 40.6 Å². The van der Waals surface area contributed by atoms with Crippen LogP contribution >= 0.6 is 22.9 Å². The quantitative estimate of drug-likeness (QED) is 0.684. The Hall–Kier alpha value is -1.80. The standard InChI is InChI=1S/C18H18ClFN4OS/c19-15-9-13(1-2-16(15)20)11-22-3-5-23(6-4-22)12-14-10-17(25)24-7-8-26-18(24)21-14/h1-2,7-10H,3-6,11-12H2. The van der Waals surface area contributed by atoms with E-state index in [9.17, 15) is 9.18 Å². The lowest BCUT2D eigenvalue weighted by atomic mass is 10.2. The van der Waals surface area contributed by atoms with E-state index in [1.807, 2.05) is 5.38 Å². The first-order valence-electron chi connectivity index (χ1n) is 8.43. The van der Waals surface area contributed by atoms with E-state index in [4.69, 9.17) is 11.6 Å². The summed E-state index contributed by atoms with van der Waals surface area (Å²) < 4.78 is 14.8. The molecule has 8 heteroatoms. The van der Waals surface area contributed by atoms with Crippen molar-refractivity contribution in [3.05, 3.63) is 68.3 Å². The first-order valence-corrected chi connectivity index (χ1v) is 9.69. The Balaban J connectivity index is 1.35. The van der Waals surface area contributed by atoms with Gasteiger partial charge < -0.3 is 0 Å². The van der Waals surface area contributed by atoms with Gasteiger partial charge in [0.1, 0.15) is 5.82 Å². The second kappa shape index (κ2) is 7.44. The molecule has 1 fully saturated rings. The summed E-state index contributed by atoms with van der Waals surface area (Å²) >= 11 is 7.32. The minimum Gasteiger partial charge on any atom is -0.297 e. The molecule has 3 heterocycles. The maximum Gasteiger partial charge on any atom is 0.258 e. The summed E-state index contributed by atoms with van der Waals surface area (Å²) in [6, 6.07) is 6.50. The van der Waals surface area contributed by atoms with Crippen LogP contribution in [0.5, 0.6) is 0 Å². The van der Waals surface area contributed by atoms with Crippen LogP contribution in [0.4, 0.5) is 4.39 Å². The lowest BCUT2D eigenvalue weighted by molar-refractivity contribution is 0.121. The largest absolute Gasteiger partial charge is 0.297 e. The molecule has 0 amide bonds. The third-order valence-electron chi connectivity index (χ3n) is 4.60. The zero-order valence-corrected chi connectivity index (χ0v) is 15.6. The molecule has 5 nitrogen and oxygen atoms in total. The van der Waals surface area contributed by atoms with Crippen LogP contribution in [0.1, 0.15) is 11.3 Å². The molecule has 0 aliphatic carbocycles. The van der Waals surface area contributed by atoms with E-state index in [2.05, 4.69) is 14.8 Å². The molecule has 0 N–H and O–H groups in total. The van der Waals surface area contributed by atoms with Crippen LogP contribution in [0.3, 0.4) is 0 Å². The number of rotatable bonds is 4. The van der Waals surface area contributed by atoms with E-state index in [0.717, 1.165) is 48.9 Å². The summed E-state index contributed by atoms with van der Waals surface area (Å²) in [5.74, 6) is -0.383. The molecule has 26 heavy (non-hydrogen) atoms. The molecule has 0 radical (unpaired) electrons. The van der Waals surface area contributed by atoms with Gasteiger partial charge in [-0.05, 0) is 17.7 Å². The maximum atomic E-state index is 13.3. The molecule has 1 aliphatic heterocycles. The predicted molar refractivity (Wildman–Crippen MR) is 101 cm³/mol. The predicted octanol–water partition coefficient (Wildman–Crippen LogP) is 2.87. The van der Waals surface area contributed by atoms with Crippen molar-refractivity contribution in [3.63, 3.8) is 0 Å². The molecule has 136 valence electrons. The third-order valence-corrected chi connectivity index (χ3v) is 5.64. The average Bonchev–Trinajstić information content (AvgIpc) is 3.09. The van der Waals surface area contributed by atoms with Crippen molar-refractivity contribution in [2.24, 2.45) is 0 Å². The summed E-state index contributed by atoms with van der Waals surface area (Å²) in [5, 5.41) is 2.04. The Morgan fingerprint density at radius 2 is 1.85 bits per heavy atom. The van der Waals surface area contributed by atoms with Crippen molar-refractivity contribution in [3.8, 4) is 0 Å². The van der Waals surface area contributed by atoms with Crippen molar-refractivity contribution in [2.75, 3.05) is 26.2 Å². The Bertz CT molecular complexity index is 981. The van der Waals surface area contributed by atoms with Gasteiger partial charge in [-0.2, -0.15) is 0 Å². The molecule has 0 saturated carbocycles. The highest BCUT2D eigenvalue weighted by Gasteiger charge is 2.18. The zero-order valence-electron chi connectivity index (χ0n) is 14.1. The molecule has 0 spiro atoms. The van der Waals surface area contributed by atoms with Gasteiger partial charge in [0.15, 0.2) is 4.96 Å². The molecule has 1 saturated heterocycles. The van der Waals surface area contributed by atoms with E-state index in [-0.39, 0.29) is 16.4 Å². The number of fused-ring (bicyclic) bond motifs is 1. The van der Waals surface area contributed by atoms with Crippen molar-refractivity contribution in [1.82, 2.24) is 19.2 Å². The number of piperazine rings is 1. The second-order valence-corrected chi connectivity index (χ2v) is 7.72. The number of benzene rings is 1. The first-order chi connectivity index (χ1) is 12.6. The van der Waals surface area contributed by atoms with Gasteiger partial charge in [-0.1, -0.05) is 17.7 Å². The van der Waals surface area contributed by atoms with Crippen LogP contribution in [0.2, 0.25) is 5.02 Å². The Kier molecular flexibility index (Phi) is 5.04. The molecular weight excluding hydrogens is 375 g/mol. The molecule has 1 aliphatic rings. The number of nitrogens with zero attached hydrogens (tertiary/aromatic N) is 4. The Labute approximate surface area is 159 Å². The molecular formula is C18H18ClFN4OS. The van der Waals surface area contributed by atoms with Crippen molar-refractivity contribution in [2.45, 2.75) is 13.1 Å². The lowest BCUT2D eigenvalue weighted by Crippen LogP contribution is -2.45. The second-order valence-electron chi connectivity index (χ2n) is 6.44. The number of thiazole rings is 1. The van der Waals surface area contributed by atoms with E-state index < -0.39 is 0 Å². The zero-order chi connectivity index (χ0) is 18.1. The number of hydrogen-bond donors (Lipinski definition) is 0. The fourth-order valence-corrected chi connectivity index (χ4v) is 4.14. The maximum absolute atomic E-state index is 13.3. The minimum atomic E-state index is -0.383. The van der Waals surface area contributed by atoms with Gasteiger partial charge in [0.05, 0.1) is 10.7 Å². The summed E-state index contributed by atoms with van der Waals surface area (Å²) in [6.07, 6.45) is 1.75. The fourth-order valence-electron chi connectivity index (χ4n) is 3.20. The summed E-state index contributed by atoms with van der Waals surface area (Å²) in [6.45, 7) is 5.07. The minimum absolute atomic E-state index is 0.0296. The summed E-state index contributed by atoms with van der Waals surface area (Å²) in [5.41, 5.74) is 1.80. The molecule has 1 aromatic carbocycles. The average molecular weight is 393 g/mol. The van der Waals surface area contributed by atoms with Crippen LogP contribution in [-0.4, -0.2) is 45.4 Å². The van der Waals surface area contributed by atoms with Gasteiger partial charge in [-0.25, -0.2) is 9.37 Å². The van der Waals surface area contributed by atoms with Crippen molar-refractivity contribution >= 4 is 27.9 Å². The van der Waals surface area contributed by atoms with Crippen LogP contribution in [0.25, 0.3) is 4.96 Å². The van der Waals surface area contributed by atoms with E-state index in [1.54, 1.807) is 28.8 Å². The topological polar surface area (TPSA) is 40.9 Å². The van der Waals surface area contributed by atoms with Crippen molar-refractivity contribution in [1.29, 1.82) is 0 Å². The van der Waals surface area contributed by atoms with Gasteiger partial charge in [0, 0.05) is 56.9 Å². The summed E-state index contributed by atoms with van der Waals surface area (Å²) in [7, 11) is 0. The SMILES string of the molecule is O=c1cc(CN2CCN(Cc3ccc(F)c(Cl)c3)CC2)nc2sccn12. The summed E-state index contributed by atoms with van der Waals surface area (Å²) in [4.78, 5) is 22.0.